The van der Waals surface area contributed by atoms with Crippen molar-refractivity contribution in [3.05, 3.63) is 23.3 Å². The first kappa shape index (κ1) is 17.7. The van der Waals surface area contributed by atoms with Crippen LogP contribution in [0.5, 0.6) is 11.5 Å². The molecule has 6 heteroatoms. The van der Waals surface area contributed by atoms with Crippen LogP contribution in [-0.2, 0) is 4.79 Å². The first-order chi connectivity index (χ1) is 9.11. The van der Waals surface area contributed by atoms with Gasteiger partial charge in [-0.1, -0.05) is 13.3 Å². The zero-order chi connectivity index (χ0) is 13.8. The van der Waals surface area contributed by atoms with E-state index in [4.69, 9.17) is 9.47 Å². The topological polar surface area (TPSA) is 58.6 Å². The molecule has 0 saturated heterocycles. The fraction of sp³-hybridized carbons (Fsp3) is 0.500. The van der Waals surface area contributed by atoms with Crippen LogP contribution in [0.15, 0.2) is 12.1 Å². The van der Waals surface area contributed by atoms with E-state index in [0.717, 1.165) is 35.5 Å². The number of carboxylic acids is 1. The third-order valence-corrected chi connectivity index (χ3v) is 4.36. The quantitative estimate of drug-likeness (QED) is 0.635. The molecule has 1 aromatic rings. The summed E-state index contributed by atoms with van der Waals surface area (Å²) in [6.45, 7) is 4.36. The minimum atomic E-state index is -1.02. The summed E-state index contributed by atoms with van der Waals surface area (Å²) in [6, 6.07) is 3.93. The second-order valence-electron chi connectivity index (χ2n) is 4.52. The molecule has 0 radical (unpaired) electrons. The van der Waals surface area contributed by atoms with Crippen LogP contribution in [0.1, 0.15) is 36.1 Å². The minimum absolute atomic E-state index is 0. The third-order valence-electron chi connectivity index (χ3n) is 3.06. The maximum absolute atomic E-state index is 10.6. The minimum Gasteiger partial charge on any atom is -0.549 e. The molecular formula is C14H17NaO4S. The van der Waals surface area contributed by atoms with Gasteiger partial charge in [0.05, 0.1) is 5.97 Å². The molecule has 0 fully saturated rings. The number of fused-ring (bicyclic) bond motifs is 1. The summed E-state index contributed by atoms with van der Waals surface area (Å²) >= 11 is 1.41. The number of hydrogen-bond donors (Lipinski definition) is 0. The molecule has 0 amide bonds. The van der Waals surface area contributed by atoms with E-state index in [9.17, 15) is 9.90 Å². The van der Waals surface area contributed by atoms with Gasteiger partial charge in [-0.05, 0) is 36.6 Å². The van der Waals surface area contributed by atoms with Gasteiger partial charge in [0.15, 0.2) is 11.5 Å². The molecule has 1 aromatic carbocycles. The molecular weight excluding hydrogens is 287 g/mol. The van der Waals surface area contributed by atoms with Gasteiger partial charge in [0, 0.05) is 11.0 Å². The van der Waals surface area contributed by atoms with Gasteiger partial charge in [-0.3, -0.25) is 0 Å². The van der Waals surface area contributed by atoms with Gasteiger partial charge in [0.1, 0.15) is 0 Å². The SMILES string of the molecule is CCCC(SCC(=O)[O-])c1cc2c(cc1C)OCO2.[Na+]. The molecule has 4 nitrogen and oxygen atoms in total. The van der Waals surface area contributed by atoms with Crippen LogP contribution in [-0.4, -0.2) is 18.5 Å². The number of hydrogen-bond acceptors (Lipinski definition) is 5. The van der Waals surface area contributed by atoms with Crippen molar-refractivity contribution in [3.63, 3.8) is 0 Å². The van der Waals surface area contributed by atoms with E-state index in [1.807, 2.05) is 19.1 Å². The van der Waals surface area contributed by atoms with E-state index >= 15 is 0 Å². The van der Waals surface area contributed by atoms with Gasteiger partial charge < -0.3 is 19.4 Å². The Morgan fingerprint density at radius 1 is 1.40 bits per heavy atom. The molecule has 2 rings (SSSR count). The Morgan fingerprint density at radius 3 is 2.65 bits per heavy atom. The van der Waals surface area contributed by atoms with E-state index in [1.54, 1.807) is 0 Å². The molecule has 20 heavy (non-hydrogen) atoms. The largest absolute Gasteiger partial charge is 1.00 e. The van der Waals surface area contributed by atoms with Gasteiger partial charge in [-0.2, -0.15) is 0 Å². The van der Waals surface area contributed by atoms with E-state index in [0.29, 0.717) is 0 Å². The van der Waals surface area contributed by atoms with Gasteiger partial charge in [0.25, 0.3) is 0 Å². The van der Waals surface area contributed by atoms with Gasteiger partial charge in [-0.25, -0.2) is 0 Å². The van der Waals surface area contributed by atoms with Crippen LogP contribution in [0.3, 0.4) is 0 Å². The molecule has 1 heterocycles. The molecule has 0 N–H and O–H groups in total. The molecule has 1 aliphatic rings. The monoisotopic (exact) mass is 304 g/mol. The zero-order valence-corrected chi connectivity index (χ0v) is 14.9. The number of aryl methyl sites for hydroxylation is 1. The van der Waals surface area contributed by atoms with E-state index < -0.39 is 5.97 Å². The van der Waals surface area contributed by atoms with Crippen molar-refractivity contribution in [1.29, 1.82) is 0 Å². The first-order valence-corrected chi connectivity index (χ1v) is 7.38. The molecule has 0 saturated carbocycles. The molecule has 104 valence electrons. The number of carbonyl (C=O) groups excluding carboxylic acids is 1. The van der Waals surface area contributed by atoms with Crippen LogP contribution in [0.25, 0.3) is 0 Å². The number of rotatable bonds is 6. The first-order valence-electron chi connectivity index (χ1n) is 6.33. The van der Waals surface area contributed by atoms with E-state index in [1.165, 1.54) is 11.8 Å². The molecule has 0 aromatic heterocycles. The van der Waals surface area contributed by atoms with E-state index in [-0.39, 0.29) is 47.4 Å². The second kappa shape index (κ2) is 8.17. The number of thioether (sulfide) groups is 1. The van der Waals surface area contributed by atoms with Crippen LogP contribution < -0.4 is 44.1 Å². The number of benzene rings is 1. The average molecular weight is 304 g/mol. The second-order valence-corrected chi connectivity index (χ2v) is 5.71. The van der Waals surface area contributed by atoms with Crippen LogP contribution in [0, 0.1) is 6.92 Å². The Labute approximate surface area is 145 Å². The smallest absolute Gasteiger partial charge is 0.549 e. The summed E-state index contributed by atoms with van der Waals surface area (Å²) in [5.41, 5.74) is 2.23. The van der Waals surface area contributed by atoms with Gasteiger partial charge in [-0.15, -0.1) is 11.8 Å². The van der Waals surface area contributed by atoms with Crippen molar-refractivity contribution < 1.29 is 48.9 Å². The standard InChI is InChI=1S/C14H18O4S.Na/c1-3-4-13(19-7-14(15)16)10-6-12-11(5-9(10)2)17-8-18-12;/h5-6,13H,3-4,7-8H2,1-2H3,(H,15,16);/q;+1/p-1. The summed E-state index contributed by atoms with van der Waals surface area (Å²) in [5, 5.41) is 10.8. The number of carbonyl (C=O) groups is 1. The summed E-state index contributed by atoms with van der Waals surface area (Å²) in [7, 11) is 0. The summed E-state index contributed by atoms with van der Waals surface area (Å²) in [4.78, 5) is 10.6. The van der Waals surface area contributed by atoms with Crippen LogP contribution in [0.4, 0.5) is 0 Å². The van der Waals surface area contributed by atoms with Crippen molar-refractivity contribution in [3.8, 4) is 11.5 Å². The Hall–Kier alpha value is -0.360. The molecule has 1 aliphatic heterocycles. The fourth-order valence-corrected chi connectivity index (χ4v) is 3.34. The van der Waals surface area contributed by atoms with Crippen molar-refractivity contribution in [2.75, 3.05) is 12.5 Å². The Morgan fingerprint density at radius 2 is 2.05 bits per heavy atom. The summed E-state index contributed by atoms with van der Waals surface area (Å²) in [6.07, 6.45) is 1.93. The Bertz CT molecular complexity index is 478. The zero-order valence-electron chi connectivity index (χ0n) is 12.1. The van der Waals surface area contributed by atoms with Crippen molar-refractivity contribution >= 4 is 17.7 Å². The molecule has 1 atom stereocenters. The molecule has 0 aliphatic carbocycles. The molecule has 1 unspecified atom stereocenters. The number of carboxylic acid groups (broad SMARTS) is 1. The maximum Gasteiger partial charge on any atom is 1.00 e. The van der Waals surface area contributed by atoms with Gasteiger partial charge in [0.2, 0.25) is 6.79 Å². The predicted molar refractivity (Wildman–Crippen MR) is 72.4 cm³/mol. The van der Waals surface area contributed by atoms with Gasteiger partial charge >= 0.3 is 29.6 Å². The average Bonchev–Trinajstić information content (AvgIpc) is 2.80. The molecule has 0 bridgehead atoms. The van der Waals surface area contributed by atoms with Crippen LogP contribution >= 0.6 is 11.8 Å². The summed E-state index contributed by atoms with van der Waals surface area (Å²) < 4.78 is 10.7. The normalized spacial score (nSPS) is 13.7. The predicted octanol–water partition coefficient (Wildman–Crippen LogP) is -0.948. The van der Waals surface area contributed by atoms with Crippen molar-refractivity contribution in [2.45, 2.75) is 31.9 Å². The third kappa shape index (κ3) is 4.32. The van der Waals surface area contributed by atoms with Crippen molar-refractivity contribution in [1.82, 2.24) is 0 Å². The maximum atomic E-state index is 10.6. The van der Waals surface area contributed by atoms with E-state index in [2.05, 4.69) is 6.92 Å². The van der Waals surface area contributed by atoms with Crippen molar-refractivity contribution in [2.24, 2.45) is 0 Å². The number of ether oxygens (including phenoxy) is 2. The Kier molecular flexibility index (Phi) is 7.23. The summed E-state index contributed by atoms with van der Waals surface area (Å²) in [5.74, 6) is 0.500. The number of aliphatic carboxylic acids is 1. The van der Waals surface area contributed by atoms with Crippen LogP contribution in [0.2, 0.25) is 0 Å². The Balaban J connectivity index is 0.00000200. The fourth-order valence-electron chi connectivity index (χ4n) is 2.17. The molecule has 0 spiro atoms.